The Labute approximate surface area is 186 Å². The summed E-state index contributed by atoms with van der Waals surface area (Å²) in [5.41, 5.74) is 7.63. The number of sulfonamides is 1. The van der Waals surface area contributed by atoms with Gasteiger partial charge in [-0.15, -0.1) is 0 Å². The zero-order valence-electron chi connectivity index (χ0n) is 17.5. The van der Waals surface area contributed by atoms with Crippen molar-refractivity contribution in [1.82, 2.24) is 9.62 Å². The van der Waals surface area contributed by atoms with E-state index in [1.165, 1.54) is 6.07 Å². The summed E-state index contributed by atoms with van der Waals surface area (Å²) in [5.74, 6) is -0.275. The molecule has 2 heterocycles. The molecular weight excluding hydrogens is 430 g/mol. The molecule has 4 rings (SSSR count). The van der Waals surface area contributed by atoms with E-state index in [4.69, 9.17) is 5.73 Å². The highest BCUT2D eigenvalue weighted by Gasteiger charge is 2.30. The van der Waals surface area contributed by atoms with Crippen LogP contribution < -0.4 is 15.8 Å². The fraction of sp³-hybridized carbons (Fsp3) is 0.318. The van der Waals surface area contributed by atoms with Gasteiger partial charge in [-0.2, -0.15) is 0 Å². The first-order chi connectivity index (χ1) is 15.3. The van der Waals surface area contributed by atoms with E-state index in [2.05, 4.69) is 19.9 Å². The second kappa shape index (κ2) is 9.09. The smallest absolute Gasteiger partial charge is 0.263 e. The normalized spacial score (nSPS) is 20.6. The summed E-state index contributed by atoms with van der Waals surface area (Å²) in [4.78, 5) is 30.5. The lowest BCUT2D eigenvalue weighted by molar-refractivity contribution is -0.122. The highest BCUT2D eigenvalue weighted by Crippen LogP contribution is 2.23. The number of carbonyl (C=O) groups excluding carboxylic acids is 2. The first-order valence-electron chi connectivity index (χ1n) is 10.4. The Morgan fingerprint density at radius 3 is 2.81 bits per heavy atom. The summed E-state index contributed by atoms with van der Waals surface area (Å²) in [5, 5.41) is 2.84. The van der Waals surface area contributed by atoms with Gasteiger partial charge in [-0.25, -0.2) is 8.42 Å². The van der Waals surface area contributed by atoms with E-state index < -0.39 is 10.0 Å². The number of likely N-dealkylation sites (tertiary alicyclic amines) is 1. The van der Waals surface area contributed by atoms with Crippen molar-refractivity contribution >= 4 is 33.4 Å². The summed E-state index contributed by atoms with van der Waals surface area (Å²) in [6, 6.07) is 13.8. The minimum Gasteiger partial charge on any atom is -0.368 e. The van der Waals surface area contributed by atoms with Crippen molar-refractivity contribution in [1.29, 1.82) is 0 Å². The number of aliphatic imine (C=N–C) groups is 1. The van der Waals surface area contributed by atoms with Gasteiger partial charge in [0.1, 0.15) is 5.84 Å². The molecule has 0 saturated carbocycles. The van der Waals surface area contributed by atoms with Gasteiger partial charge in [0.05, 0.1) is 17.5 Å². The van der Waals surface area contributed by atoms with Gasteiger partial charge >= 0.3 is 0 Å². The first-order valence-corrected chi connectivity index (χ1v) is 11.9. The molecule has 2 amide bonds. The molecule has 168 valence electrons. The van der Waals surface area contributed by atoms with Gasteiger partial charge in [-0.3, -0.25) is 24.2 Å². The number of hydrogen-bond donors (Lipinski definition) is 3. The third-order valence-corrected chi connectivity index (χ3v) is 6.96. The third-order valence-electron chi connectivity index (χ3n) is 5.56. The van der Waals surface area contributed by atoms with Gasteiger partial charge in [-0.05, 0) is 49.2 Å². The monoisotopic (exact) mass is 455 g/mol. The lowest BCUT2D eigenvalue weighted by Gasteiger charge is -2.22. The van der Waals surface area contributed by atoms with Crippen molar-refractivity contribution in [2.75, 3.05) is 18.4 Å². The van der Waals surface area contributed by atoms with Gasteiger partial charge in [0.25, 0.3) is 10.0 Å². The molecule has 2 aromatic rings. The molecule has 1 saturated heterocycles. The topological polar surface area (TPSA) is 134 Å². The molecular formula is C22H25N5O4S. The molecule has 2 aromatic carbocycles. The summed E-state index contributed by atoms with van der Waals surface area (Å²) >= 11 is 0. The van der Waals surface area contributed by atoms with Crippen LogP contribution in [-0.2, 0) is 26.2 Å². The van der Waals surface area contributed by atoms with Crippen LogP contribution in [0.4, 0.5) is 5.69 Å². The molecule has 2 aliphatic heterocycles. The van der Waals surface area contributed by atoms with Gasteiger partial charge in [0, 0.05) is 24.2 Å². The number of nitrogens with one attached hydrogen (secondary N) is 2. The van der Waals surface area contributed by atoms with Crippen LogP contribution in [0.3, 0.4) is 0 Å². The van der Waals surface area contributed by atoms with Crippen LogP contribution in [-0.4, -0.2) is 50.1 Å². The summed E-state index contributed by atoms with van der Waals surface area (Å²) < 4.78 is 26.7. The van der Waals surface area contributed by atoms with Crippen molar-refractivity contribution in [2.24, 2.45) is 10.7 Å². The van der Waals surface area contributed by atoms with Gasteiger partial charge < -0.3 is 11.1 Å². The maximum Gasteiger partial charge on any atom is 0.263 e. The Morgan fingerprint density at radius 2 is 2.00 bits per heavy atom. The van der Waals surface area contributed by atoms with E-state index in [1.807, 2.05) is 18.2 Å². The number of amides is 2. The van der Waals surface area contributed by atoms with Crippen molar-refractivity contribution in [2.45, 2.75) is 36.7 Å². The Morgan fingerprint density at radius 1 is 1.19 bits per heavy atom. The van der Waals surface area contributed by atoms with Crippen LogP contribution in [0.25, 0.3) is 0 Å². The van der Waals surface area contributed by atoms with Crippen LogP contribution in [0.15, 0.2) is 58.4 Å². The SMILES string of the molecule is NC(=O)C1CCCN1Cc1cccc(NC(=O)CCN=C2NS(=O)(=O)c3ccccc32)c1. The van der Waals surface area contributed by atoms with Crippen LogP contribution in [0.2, 0.25) is 0 Å². The third kappa shape index (κ3) is 4.81. The Bertz CT molecular complexity index is 1180. The van der Waals surface area contributed by atoms with Gasteiger partial charge in [-0.1, -0.05) is 24.3 Å². The van der Waals surface area contributed by atoms with Gasteiger partial charge in [0.15, 0.2) is 0 Å². The standard InChI is InChI=1S/C22H25N5O4S/c23-21(29)18-8-4-12-27(18)14-15-5-3-6-16(13-15)25-20(28)10-11-24-22-17-7-1-2-9-19(17)32(30,31)26-22/h1-3,5-7,9,13,18H,4,8,10-12,14H2,(H2,23,29)(H,24,26)(H,25,28). The number of benzene rings is 2. The van der Waals surface area contributed by atoms with E-state index in [1.54, 1.807) is 24.3 Å². The first kappa shape index (κ1) is 22.0. The predicted molar refractivity (Wildman–Crippen MR) is 120 cm³/mol. The molecule has 1 unspecified atom stereocenters. The molecule has 0 radical (unpaired) electrons. The zero-order valence-corrected chi connectivity index (χ0v) is 18.3. The van der Waals surface area contributed by atoms with E-state index >= 15 is 0 Å². The molecule has 0 spiro atoms. The van der Waals surface area contributed by atoms with Crippen LogP contribution in [0.5, 0.6) is 0 Å². The largest absolute Gasteiger partial charge is 0.368 e. The second-order valence-corrected chi connectivity index (χ2v) is 9.51. The predicted octanol–water partition coefficient (Wildman–Crippen LogP) is 1.20. The Hall–Kier alpha value is -3.24. The van der Waals surface area contributed by atoms with Gasteiger partial charge in [0.2, 0.25) is 11.8 Å². The summed E-state index contributed by atoms with van der Waals surface area (Å²) in [7, 11) is -3.59. The number of anilines is 1. The average molecular weight is 456 g/mol. The molecule has 0 aromatic heterocycles. The quantitative estimate of drug-likeness (QED) is 0.577. The van der Waals surface area contributed by atoms with Crippen molar-refractivity contribution in [3.8, 4) is 0 Å². The summed E-state index contributed by atoms with van der Waals surface area (Å²) in [6.07, 6.45) is 1.82. The highest BCUT2D eigenvalue weighted by molar-refractivity contribution is 7.90. The number of fused-ring (bicyclic) bond motifs is 1. The molecule has 2 aliphatic rings. The molecule has 0 aliphatic carbocycles. The molecule has 10 heteroatoms. The molecule has 1 fully saturated rings. The molecule has 4 N–H and O–H groups in total. The minimum atomic E-state index is -3.59. The van der Waals surface area contributed by atoms with Crippen LogP contribution >= 0.6 is 0 Å². The van der Waals surface area contributed by atoms with Crippen LogP contribution in [0.1, 0.15) is 30.4 Å². The number of amidine groups is 1. The highest BCUT2D eigenvalue weighted by atomic mass is 32.2. The van der Waals surface area contributed by atoms with E-state index in [0.717, 1.165) is 24.9 Å². The molecule has 1 atom stereocenters. The molecule has 32 heavy (non-hydrogen) atoms. The lowest BCUT2D eigenvalue weighted by atomic mass is 10.1. The summed E-state index contributed by atoms with van der Waals surface area (Å²) in [6.45, 7) is 1.55. The lowest BCUT2D eigenvalue weighted by Crippen LogP contribution is -2.39. The fourth-order valence-corrected chi connectivity index (χ4v) is 5.31. The maximum absolute atomic E-state index is 12.4. The van der Waals surface area contributed by atoms with Crippen molar-refractivity contribution in [3.05, 3.63) is 59.7 Å². The van der Waals surface area contributed by atoms with Crippen molar-refractivity contribution < 1.29 is 18.0 Å². The Kier molecular flexibility index (Phi) is 6.24. The molecule has 9 nitrogen and oxygen atoms in total. The number of nitrogens with two attached hydrogens (primary N) is 1. The number of nitrogens with zero attached hydrogens (tertiary/aromatic N) is 2. The van der Waals surface area contributed by atoms with E-state index in [9.17, 15) is 18.0 Å². The maximum atomic E-state index is 12.4. The van der Waals surface area contributed by atoms with E-state index in [-0.39, 0.29) is 41.6 Å². The average Bonchev–Trinajstić information content (AvgIpc) is 3.31. The second-order valence-electron chi connectivity index (χ2n) is 7.86. The zero-order chi connectivity index (χ0) is 22.7. The van der Waals surface area contributed by atoms with Crippen molar-refractivity contribution in [3.63, 3.8) is 0 Å². The fourth-order valence-electron chi connectivity index (χ4n) is 4.06. The number of carbonyl (C=O) groups is 2. The Balaban J connectivity index is 1.34. The molecule has 0 bridgehead atoms. The minimum absolute atomic E-state index is 0.105. The van der Waals surface area contributed by atoms with Crippen LogP contribution in [0, 0.1) is 0 Å². The van der Waals surface area contributed by atoms with E-state index in [0.29, 0.717) is 17.8 Å². The number of hydrogen-bond acceptors (Lipinski definition) is 6. The number of rotatable bonds is 7. The number of primary amides is 1.